The summed E-state index contributed by atoms with van der Waals surface area (Å²) in [6.45, 7) is 0. The van der Waals surface area contributed by atoms with Crippen molar-refractivity contribution in [1.82, 2.24) is 0 Å². The molecule has 1 heterocycles. The van der Waals surface area contributed by atoms with Crippen molar-refractivity contribution in [2.75, 3.05) is 5.32 Å². The molecule has 0 aromatic heterocycles. The van der Waals surface area contributed by atoms with Gasteiger partial charge in [-0.1, -0.05) is 12.1 Å². The SMILES string of the molecule is NS(=O)(=O)c1ccc(/C=C2\C(=O)Nc3ccc([N+](=O)[O-])cc32)cc1. The van der Waals surface area contributed by atoms with E-state index in [2.05, 4.69) is 5.32 Å². The molecule has 2 aromatic carbocycles. The van der Waals surface area contributed by atoms with Crippen LogP contribution in [0.3, 0.4) is 0 Å². The number of rotatable bonds is 3. The smallest absolute Gasteiger partial charge is 0.270 e. The van der Waals surface area contributed by atoms with Crippen LogP contribution in [0, 0.1) is 10.1 Å². The molecule has 8 nitrogen and oxygen atoms in total. The van der Waals surface area contributed by atoms with Gasteiger partial charge >= 0.3 is 0 Å². The van der Waals surface area contributed by atoms with Crippen molar-refractivity contribution in [3.05, 3.63) is 63.7 Å². The van der Waals surface area contributed by atoms with Crippen LogP contribution >= 0.6 is 0 Å². The highest BCUT2D eigenvalue weighted by atomic mass is 32.2. The summed E-state index contributed by atoms with van der Waals surface area (Å²) in [5.41, 5.74) is 1.60. The second-order valence-corrected chi connectivity index (χ2v) is 6.67. The average Bonchev–Trinajstić information content (AvgIpc) is 2.82. The number of benzene rings is 2. The Balaban J connectivity index is 2.04. The van der Waals surface area contributed by atoms with Gasteiger partial charge in [0.1, 0.15) is 0 Å². The van der Waals surface area contributed by atoms with E-state index in [-0.39, 0.29) is 22.1 Å². The molecule has 0 radical (unpaired) electrons. The third-order valence-corrected chi connectivity index (χ3v) is 4.45. The van der Waals surface area contributed by atoms with Gasteiger partial charge in [0.2, 0.25) is 10.0 Å². The van der Waals surface area contributed by atoms with Crippen molar-refractivity contribution in [2.24, 2.45) is 5.14 Å². The fraction of sp³-hybridized carbons (Fsp3) is 0. The first-order valence-corrected chi connectivity index (χ1v) is 8.25. The minimum atomic E-state index is -3.80. The number of non-ortho nitro benzene ring substituents is 1. The van der Waals surface area contributed by atoms with E-state index in [9.17, 15) is 23.3 Å². The summed E-state index contributed by atoms with van der Waals surface area (Å²) >= 11 is 0. The van der Waals surface area contributed by atoms with Gasteiger partial charge in [0, 0.05) is 29.0 Å². The monoisotopic (exact) mass is 345 g/mol. The summed E-state index contributed by atoms with van der Waals surface area (Å²) in [7, 11) is -3.80. The molecule has 24 heavy (non-hydrogen) atoms. The molecule has 0 saturated carbocycles. The van der Waals surface area contributed by atoms with Gasteiger partial charge in [0.05, 0.1) is 9.82 Å². The number of carbonyl (C=O) groups is 1. The molecule has 2 aromatic rings. The minimum absolute atomic E-state index is 0.0449. The lowest BCUT2D eigenvalue weighted by Crippen LogP contribution is -2.11. The van der Waals surface area contributed by atoms with Crippen molar-refractivity contribution < 1.29 is 18.1 Å². The predicted octanol–water partition coefficient (Wildman–Crippen LogP) is 1.73. The van der Waals surface area contributed by atoms with E-state index in [0.29, 0.717) is 16.8 Å². The Morgan fingerprint density at radius 1 is 1.12 bits per heavy atom. The maximum absolute atomic E-state index is 12.1. The number of amides is 1. The lowest BCUT2D eigenvalue weighted by Gasteiger charge is -2.01. The van der Waals surface area contributed by atoms with Crippen LogP contribution in [0.2, 0.25) is 0 Å². The number of nitro benzene ring substituents is 1. The van der Waals surface area contributed by atoms with Gasteiger partial charge in [0.25, 0.3) is 11.6 Å². The van der Waals surface area contributed by atoms with E-state index in [1.807, 2.05) is 0 Å². The third kappa shape index (κ3) is 2.90. The highest BCUT2D eigenvalue weighted by Crippen LogP contribution is 2.35. The molecule has 0 bridgehead atoms. The van der Waals surface area contributed by atoms with Gasteiger partial charge in [-0.2, -0.15) is 0 Å². The topological polar surface area (TPSA) is 132 Å². The molecule has 0 saturated heterocycles. The van der Waals surface area contributed by atoms with Crippen LogP contribution in [0.5, 0.6) is 0 Å². The molecule has 0 spiro atoms. The van der Waals surface area contributed by atoms with Crippen LogP contribution in [-0.4, -0.2) is 19.2 Å². The average molecular weight is 345 g/mol. The molecule has 1 amide bonds. The number of hydrogen-bond acceptors (Lipinski definition) is 5. The van der Waals surface area contributed by atoms with E-state index >= 15 is 0 Å². The molecular weight excluding hydrogens is 334 g/mol. The first-order valence-electron chi connectivity index (χ1n) is 6.70. The van der Waals surface area contributed by atoms with E-state index in [1.165, 1.54) is 48.5 Å². The van der Waals surface area contributed by atoms with Gasteiger partial charge in [-0.15, -0.1) is 0 Å². The number of nitro groups is 1. The van der Waals surface area contributed by atoms with E-state index in [1.54, 1.807) is 0 Å². The van der Waals surface area contributed by atoms with Crippen LogP contribution in [-0.2, 0) is 14.8 Å². The van der Waals surface area contributed by atoms with E-state index < -0.39 is 14.9 Å². The second kappa shape index (κ2) is 5.55. The van der Waals surface area contributed by atoms with Crippen LogP contribution in [0.15, 0.2) is 47.4 Å². The van der Waals surface area contributed by atoms with Crippen molar-refractivity contribution >= 4 is 39.0 Å². The number of primary sulfonamides is 1. The van der Waals surface area contributed by atoms with Gasteiger partial charge < -0.3 is 5.32 Å². The highest BCUT2D eigenvalue weighted by molar-refractivity contribution is 7.89. The molecule has 0 aliphatic carbocycles. The molecule has 122 valence electrons. The number of fused-ring (bicyclic) bond motifs is 1. The van der Waals surface area contributed by atoms with Crippen molar-refractivity contribution in [2.45, 2.75) is 4.90 Å². The number of hydrogen-bond donors (Lipinski definition) is 2. The standard InChI is InChI=1S/C15H11N3O5S/c16-24(22,23)11-4-1-9(2-5-11)7-13-12-8-10(18(20)21)3-6-14(12)17-15(13)19/h1-8H,(H,17,19)(H2,16,22,23)/b13-7-. The molecule has 0 unspecified atom stereocenters. The van der Waals surface area contributed by atoms with Gasteiger partial charge in [-0.05, 0) is 29.8 Å². The molecule has 3 N–H and O–H groups in total. The molecule has 1 aliphatic rings. The molecule has 3 rings (SSSR count). The number of anilines is 1. The highest BCUT2D eigenvalue weighted by Gasteiger charge is 2.26. The molecular formula is C15H11N3O5S. The molecule has 1 aliphatic heterocycles. The summed E-state index contributed by atoms with van der Waals surface area (Å²) in [5.74, 6) is -0.388. The summed E-state index contributed by atoms with van der Waals surface area (Å²) in [5, 5.41) is 18.5. The molecule has 0 atom stereocenters. The maximum atomic E-state index is 12.1. The second-order valence-electron chi connectivity index (χ2n) is 5.11. The van der Waals surface area contributed by atoms with E-state index in [4.69, 9.17) is 5.14 Å². The normalized spacial score (nSPS) is 15.2. The number of nitrogens with one attached hydrogen (secondary N) is 1. The Labute approximate surface area is 136 Å². The predicted molar refractivity (Wildman–Crippen MR) is 87.4 cm³/mol. The molecule has 0 fully saturated rings. The zero-order valence-electron chi connectivity index (χ0n) is 12.1. The number of nitrogens with two attached hydrogens (primary N) is 1. The first-order chi connectivity index (χ1) is 11.3. The number of nitrogens with zero attached hydrogens (tertiary/aromatic N) is 1. The summed E-state index contributed by atoms with van der Waals surface area (Å²) in [6.07, 6.45) is 1.53. The fourth-order valence-electron chi connectivity index (χ4n) is 2.35. The summed E-state index contributed by atoms with van der Waals surface area (Å²) < 4.78 is 22.5. The Bertz CT molecular complexity index is 994. The van der Waals surface area contributed by atoms with Crippen LogP contribution in [0.25, 0.3) is 11.6 Å². The Hall–Kier alpha value is -3.04. The van der Waals surface area contributed by atoms with Crippen LogP contribution in [0.1, 0.15) is 11.1 Å². The summed E-state index contributed by atoms with van der Waals surface area (Å²) in [6, 6.07) is 9.73. The zero-order valence-corrected chi connectivity index (χ0v) is 12.9. The Kier molecular flexibility index (Phi) is 3.66. The Morgan fingerprint density at radius 3 is 2.38 bits per heavy atom. The fourth-order valence-corrected chi connectivity index (χ4v) is 2.87. The van der Waals surface area contributed by atoms with Gasteiger partial charge in [-0.25, -0.2) is 13.6 Å². The van der Waals surface area contributed by atoms with E-state index in [0.717, 1.165) is 0 Å². The lowest BCUT2D eigenvalue weighted by molar-refractivity contribution is -0.384. The molecule has 9 heteroatoms. The summed E-state index contributed by atoms with van der Waals surface area (Å²) in [4.78, 5) is 22.4. The van der Waals surface area contributed by atoms with Gasteiger partial charge in [0.15, 0.2) is 0 Å². The Morgan fingerprint density at radius 2 is 1.79 bits per heavy atom. The van der Waals surface area contributed by atoms with Crippen LogP contribution in [0.4, 0.5) is 11.4 Å². The number of carbonyl (C=O) groups excluding carboxylic acids is 1. The maximum Gasteiger partial charge on any atom is 0.270 e. The lowest BCUT2D eigenvalue weighted by atomic mass is 10.0. The van der Waals surface area contributed by atoms with Crippen molar-refractivity contribution in [3.8, 4) is 0 Å². The van der Waals surface area contributed by atoms with Crippen molar-refractivity contribution in [3.63, 3.8) is 0 Å². The van der Waals surface area contributed by atoms with Crippen molar-refractivity contribution in [1.29, 1.82) is 0 Å². The minimum Gasteiger partial charge on any atom is -0.321 e. The first kappa shape index (κ1) is 15.8. The quantitative estimate of drug-likeness (QED) is 0.496. The van der Waals surface area contributed by atoms with Gasteiger partial charge in [-0.3, -0.25) is 14.9 Å². The van der Waals surface area contributed by atoms with Crippen LogP contribution < -0.4 is 10.5 Å². The third-order valence-electron chi connectivity index (χ3n) is 3.52. The number of sulfonamides is 1. The largest absolute Gasteiger partial charge is 0.321 e. The zero-order chi connectivity index (χ0) is 17.5.